The molecule has 1 atom stereocenters. The highest BCUT2D eigenvalue weighted by atomic mass is 16.4. The van der Waals surface area contributed by atoms with E-state index >= 15 is 0 Å². The van der Waals surface area contributed by atoms with Gasteiger partial charge >= 0.3 is 11.9 Å². The van der Waals surface area contributed by atoms with E-state index in [9.17, 15) is 14.4 Å². The summed E-state index contributed by atoms with van der Waals surface area (Å²) in [6, 6.07) is -1.12. The van der Waals surface area contributed by atoms with E-state index in [1.807, 2.05) is 6.92 Å². The molecule has 0 bridgehead atoms. The summed E-state index contributed by atoms with van der Waals surface area (Å²) in [5, 5.41) is 20.1. The zero-order valence-electron chi connectivity index (χ0n) is 11.1. The van der Waals surface area contributed by atoms with Crippen LogP contribution in [0.3, 0.4) is 0 Å². The van der Waals surface area contributed by atoms with Crippen molar-refractivity contribution in [3.05, 3.63) is 0 Å². The standard InChI is InChI=1S/C13H21NO5/c1-2-13(7-3-4-8-13)12(19)14-9(11(17)18)5-6-10(15)16/h9H,2-8H2,1H3,(H,14,19)(H,15,16)(H,17,18)/t9-/m0/s1. The van der Waals surface area contributed by atoms with Crippen LogP contribution in [0.4, 0.5) is 0 Å². The molecule has 0 aromatic heterocycles. The molecule has 19 heavy (non-hydrogen) atoms. The summed E-state index contributed by atoms with van der Waals surface area (Å²) in [5.74, 6) is -2.49. The normalized spacial score (nSPS) is 18.8. The van der Waals surface area contributed by atoms with Crippen molar-refractivity contribution < 1.29 is 24.6 Å². The highest BCUT2D eigenvalue weighted by molar-refractivity contribution is 5.87. The van der Waals surface area contributed by atoms with E-state index in [0.29, 0.717) is 6.42 Å². The van der Waals surface area contributed by atoms with Gasteiger partial charge in [-0.05, 0) is 25.7 Å². The van der Waals surface area contributed by atoms with Crippen molar-refractivity contribution in [2.24, 2.45) is 5.41 Å². The lowest BCUT2D eigenvalue weighted by Crippen LogP contribution is -2.47. The zero-order chi connectivity index (χ0) is 14.5. The van der Waals surface area contributed by atoms with Gasteiger partial charge in [0.05, 0.1) is 0 Å². The minimum Gasteiger partial charge on any atom is -0.481 e. The predicted octanol–water partition coefficient (Wildman–Crippen LogP) is 1.39. The maximum Gasteiger partial charge on any atom is 0.326 e. The van der Waals surface area contributed by atoms with Gasteiger partial charge in [-0.1, -0.05) is 19.8 Å². The molecule has 0 aromatic rings. The number of carbonyl (C=O) groups is 3. The second-order valence-corrected chi connectivity index (χ2v) is 5.14. The van der Waals surface area contributed by atoms with Gasteiger partial charge in [0.15, 0.2) is 0 Å². The molecule has 0 saturated heterocycles. The molecule has 0 heterocycles. The van der Waals surface area contributed by atoms with Gasteiger partial charge in [-0.3, -0.25) is 9.59 Å². The van der Waals surface area contributed by atoms with Gasteiger partial charge in [-0.25, -0.2) is 4.79 Å². The number of hydrogen-bond acceptors (Lipinski definition) is 3. The smallest absolute Gasteiger partial charge is 0.326 e. The van der Waals surface area contributed by atoms with Crippen molar-refractivity contribution in [3.8, 4) is 0 Å². The van der Waals surface area contributed by atoms with E-state index in [-0.39, 0.29) is 18.7 Å². The molecule has 6 nitrogen and oxygen atoms in total. The quantitative estimate of drug-likeness (QED) is 0.649. The molecular weight excluding hydrogens is 250 g/mol. The van der Waals surface area contributed by atoms with Gasteiger partial charge in [0, 0.05) is 11.8 Å². The van der Waals surface area contributed by atoms with Gasteiger partial charge < -0.3 is 15.5 Å². The largest absolute Gasteiger partial charge is 0.481 e. The first-order valence-electron chi connectivity index (χ1n) is 6.67. The van der Waals surface area contributed by atoms with E-state index in [1.165, 1.54) is 0 Å². The lowest BCUT2D eigenvalue weighted by atomic mass is 9.82. The molecule has 1 amide bonds. The second-order valence-electron chi connectivity index (χ2n) is 5.14. The number of amides is 1. The van der Waals surface area contributed by atoms with Crippen LogP contribution in [0.15, 0.2) is 0 Å². The lowest BCUT2D eigenvalue weighted by molar-refractivity contribution is -0.145. The van der Waals surface area contributed by atoms with E-state index in [0.717, 1.165) is 25.7 Å². The average Bonchev–Trinajstić information content (AvgIpc) is 2.83. The molecule has 1 aliphatic rings. The third-order valence-electron chi connectivity index (χ3n) is 3.97. The van der Waals surface area contributed by atoms with E-state index in [1.54, 1.807) is 0 Å². The molecule has 0 aliphatic heterocycles. The Labute approximate surface area is 112 Å². The number of rotatable bonds is 7. The predicted molar refractivity (Wildman–Crippen MR) is 67.6 cm³/mol. The molecule has 1 aliphatic carbocycles. The molecule has 0 radical (unpaired) electrons. The van der Waals surface area contributed by atoms with Crippen LogP contribution in [0.2, 0.25) is 0 Å². The van der Waals surface area contributed by atoms with E-state index in [4.69, 9.17) is 10.2 Å². The fourth-order valence-corrected chi connectivity index (χ4v) is 2.63. The van der Waals surface area contributed by atoms with Gasteiger partial charge in [0.1, 0.15) is 6.04 Å². The zero-order valence-corrected chi connectivity index (χ0v) is 11.1. The van der Waals surface area contributed by atoms with Crippen LogP contribution in [-0.2, 0) is 14.4 Å². The Balaban J connectivity index is 2.65. The molecule has 1 fully saturated rings. The number of aliphatic carboxylic acids is 2. The third-order valence-corrected chi connectivity index (χ3v) is 3.97. The lowest BCUT2D eigenvalue weighted by Gasteiger charge is -2.28. The summed E-state index contributed by atoms with van der Waals surface area (Å²) < 4.78 is 0. The van der Waals surface area contributed by atoms with Crippen LogP contribution in [0.5, 0.6) is 0 Å². The molecule has 1 rings (SSSR count). The Bertz CT molecular complexity index is 360. The fraction of sp³-hybridized carbons (Fsp3) is 0.769. The Morgan fingerprint density at radius 2 is 1.79 bits per heavy atom. The van der Waals surface area contributed by atoms with Crippen molar-refractivity contribution in [1.82, 2.24) is 5.32 Å². The summed E-state index contributed by atoms with van der Waals surface area (Å²) in [5.41, 5.74) is -0.461. The maximum atomic E-state index is 12.2. The summed E-state index contributed by atoms with van der Waals surface area (Å²) >= 11 is 0. The van der Waals surface area contributed by atoms with Crippen molar-refractivity contribution >= 4 is 17.8 Å². The molecular formula is C13H21NO5. The van der Waals surface area contributed by atoms with Gasteiger partial charge in [0.25, 0.3) is 0 Å². The van der Waals surface area contributed by atoms with Crippen LogP contribution < -0.4 is 5.32 Å². The average molecular weight is 271 g/mol. The van der Waals surface area contributed by atoms with Crippen LogP contribution in [0, 0.1) is 5.41 Å². The fourth-order valence-electron chi connectivity index (χ4n) is 2.63. The van der Waals surface area contributed by atoms with Crippen LogP contribution in [0.25, 0.3) is 0 Å². The van der Waals surface area contributed by atoms with Crippen molar-refractivity contribution in [3.63, 3.8) is 0 Å². The number of nitrogens with one attached hydrogen (secondary N) is 1. The maximum absolute atomic E-state index is 12.2. The number of carbonyl (C=O) groups excluding carboxylic acids is 1. The number of carboxylic acids is 2. The van der Waals surface area contributed by atoms with Gasteiger partial charge in [0.2, 0.25) is 5.91 Å². The van der Waals surface area contributed by atoms with Crippen LogP contribution >= 0.6 is 0 Å². The third kappa shape index (κ3) is 3.94. The summed E-state index contributed by atoms with van der Waals surface area (Å²) in [4.78, 5) is 33.8. The van der Waals surface area contributed by atoms with Crippen molar-refractivity contribution in [2.45, 2.75) is 57.9 Å². The summed E-state index contributed by atoms with van der Waals surface area (Å²) in [6.45, 7) is 1.93. The van der Waals surface area contributed by atoms with Gasteiger partial charge in [-0.2, -0.15) is 0 Å². The molecule has 1 saturated carbocycles. The minimum absolute atomic E-state index is 0.0871. The first-order chi connectivity index (χ1) is 8.91. The van der Waals surface area contributed by atoms with Gasteiger partial charge in [-0.15, -0.1) is 0 Å². The highest BCUT2D eigenvalue weighted by Crippen LogP contribution is 2.41. The molecule has 0 spiro atoms. The first-order valence-corrected chi connectivity index (χ1v) is 6.67. The molecule has 0 unspecified atom stereocenters. The summed E-state index contributed by atoms with van der Waals surface area (Å²) in [6.07, 6.45) is 3.85. The molecule has 6 heteroatoms. The van der Waals surface area contributed by atoms with Crippen LogP contribution in [-0.4, -0.2) is 34.1 Å². The monoisotopic (exact) mass is 271 g/mol. The van der Waals surface area contributed by atoms with Crippen molar-refractivity contribution in [1.29, 1.82) is 0 Å². The number of hydrogen-bond donors (Lipinski definition) is 3. The minimum atomic E-state index is -1.18. The Kier molecular flexibility index (Phi) is 5.32. The number of carboxylic acid groups (broad SMARTS) is 2. The highest BCUT2D eigenvalue weighted by Gasteiger charge is 2.40. The molecule has 0 aromatic carbocycles. The first kappa shape index (κ1) is 15.5. The Morgan fingerprint density at radius 1 is 1.21 bits per heavy atom. The SMILES string of the molecule is CCC1(C(=O)N[C@@H](CCC(=O)O)C(=O)O)CCCC1. The summed E-state index contributed by atoms with van der Waals surface area (Å²) in [7, 11) is 0. The van der Waals surface area contributed by atoms with E-state index < -0.39 is 23.4 Å². The Hall–Kier alpha value is -1.59. The van der Waals surface area contributed by atoms with Crippen molar-refractivity contribution in [2.75, 3.05) is 0 Å². The molecule has 3 N–H and O–H groups in total. The topological polar surface area (TPSA) is 104 Å². The second kappa shape index (κ2) is 6.54. The molecule has 108 valence electrons. The van der Waals surface area contributed by atoms with E-state index in [2.05, 4.69) is 5.32 Å². The van der Waals surface area contributed by atoms with Crippen LogP contribution in [0.1, 0.15) is 51.9 Å². The Morgan fingerprint density at radius 3 is 2.21 bits per heavy atom.